The summed E-state index contributed by atoms with van der Waals surface area (Å²) in [5, 5.41) is 8.86. The molecule has 2 aromatic heterocycles. The first-order chi connectivity index (χ1) is 18.3. The predicted octanol–water partition coefficient (Wildman–Crippen LogP) is 6.73. The van der Waals surface area contributed by atoms with Crippen molar-refractivity contribution in [2.75, 3.05) is 6.54 Å². The van der Waals surface area contributed by atoms with Crippen LogP contribution >= 0.6 is 0 Å². The summed E-state index contributed by atoms with van der Waals surface area (Å²) in [6.45, 7) is 0.824. The van der Waals surface area contributed by atoms with Crippen molar-refractivity contribution in [3.8, 4) is 0 Å². The number of aromatic amines is 2. The minimum Gasteiger partial charge on any atom is -0.354 e. The molecular weight excluding hydrogens is 456 g/mol. The van der Waals surface area contributed by atoms with E-state index in [1.807, 2.05) is 18.3 Å². The first-order valence-corrected chi connectivity index (χ1v) is 12.7. The van der Waals surface area contributed by atoms with Crippen molar-refractivity contribution in [3.05, 3.63) is 121 Å². The maximum absolute atomic E-state index is 14.4. The Kier molecular flexibility index (Phi) is 4.07. The number of hydrogen-bond acceptors (Lipinski definition) is 3. The Hall–Kier alpha value is -4.77. The molecule has 2 N–H and O–H groups in total. The molecular formula is C32H24N4O. The molecule has 5 heteroatoms. The summed E-state index contributed by atoms with van der Waals surface area (Å²) in [6, 6.07) is 29.3. The number of nitrogens with zero attached hydrogens (tertiary/aromatic N) is 2. The van der Waals surface area contributed by atoms with E-state index in [1.54, 1.807) is 6.08 Å². The van der Waals surface area contributed by atoms with Crippen LogP contribution in [0.1, 0.15) is 17.5 Å². The van der Waals surface area contributed by atoms with Gasteiger partial charge in [0.25, 0.3) is 0 Å². The molecule has 0 bridgehead atoms. The summed E-state index contributed by atoms with van der Waals surface area (Å²) >= 11 is 0. The van der Waals surface area contributed by atoms with Gasteiger partial charge in [-0.1, -0.05) is 78.9 Å². The number of hydrazine groups is 1. The fraction of sp³-hybridized carbons (Fsp3) is 0.0938. The van der Waals surface area contributed by atoms with Crippen LogP contribution in [0.4, 0.5) is 0 Å². The summed E-state index contributed by atoms with van der Waals surface area (Å²) < 4.78 is 0. The fourth-order valence-corrected chi connectivity index (χ4v) is 6.43. The average Bonchev–Trinajstić information content (AvgIpc) is 3.72. The Morgan fingerprint density at radius 3 is 1.78 bits per heavy atom. The third-order valence-electron chi connectivity index (χ3n) is 8.01. The van der Waals surface area contributed by atoms with Gasteiger partial charge in [-0.3, -0.25) is 14.8 Å². The molecule has 0 aliphatic carbocycles. The van der Waals surface area contributed by atoms with Crippen LogP contribution in [-0.2, 0) is 10.3 Å². The number of carbonyl (C=O) groups excluding carboxylic acids is 1. The van der Waals surface area contributed by atoms with Crippen LogP contribution in [0.3, 0.4) is 0 Å². The van der Waals surface area contributed by atoms with E-state index in [-0.39, 0.29) is 5.78 Å². The van der Waals surface area contributed by atoms with E-state index in [0.717, 1.165) is 67.7 Å². The van der Waals surface area contributed by atoms with Crippen molar-refractivity contribution in [2.24, 2.45) is 0 Å². The molecule has 0 spiro atoms. The van der Waals surface area contributed by atoms with Gasteiger partial charge in [0.05, 0.1) is 11.0 Å². The Balaban J connectivity index is 1.53. The number of nitrogens with one attached hydrogen (secondary N) is 2. The van der Waals surface area contributed by atoms with Crippen molar-refractivity contribution in [3.63, 3.8) is 0 Å². The molecule has 0 saturated heterocycles. The predicted molar refractivity (Wildman–Crippen MR) is 149 cm³/mol. The van der Waals surface area contributed by atoms with Gasteiger partial charge < -0.3 is 9.97 Å². The van der Waals surface area contributed by atoms with Crippen LogP contribution in [-0.4, -0.2) is 32.3 Å². The maximum Gasteiger partial charge on any atom is 0.193 e. The third kappa shape index (κ3) is 2.60. The number of carbonyl (C=O) groups is 1. The highest BCUT2D eigenvalue weighted by atomic mass is 16.1. The quantitative estimate of drug-likeness (QED) is 0.295. The molecule has 178 valence electrons. The second-order valence-electron chi connectivity index (χ2n) is 9.87. The topological polar surface area (TPSA) is 55.1 Å². The number of benzene rings is 4. The van der Waals surface area contributed by atoms with Crippen LogP contribution in [0.5, 0.6) is 0 Å². The highest BCUT2D eigenvalue weighted by Gasteiger charge is 2.52. The van der Waals surface area contributed by atoms with Crippen molar-refractivity contribution < 1.29 is 4.79 Å². The lowest BCUT2D eigenvalue weighted by atomic mass is 9.78. The van der Waals surface area contributed by atoms with Gasteiger partial charge in [-0.2, -0.15) is 0 Å². The van der Waals surface area contributed by atoms with E-state index >= 15 is 0 Å². The Labute approximate surface area is 213 Å². The van der Waals surface area contributed by atoms with Gasteiger partial charge in [-0.15, -0.1) is 0 Å². The van der Waals surface area contributed by atoms with Gasteiger partial charge in [0.15, 0.2) is 11.3 Å². The molecule has 8 rings (SSSR count). The SMILES string of the molecule is O=C1C=CN(N2C=CCC2)C1(c1cccc2c1[nH]c1ccccc12)c1cccc2c1[nH]c1ccccc12. The molecule has 0 amide bonds. The zero-order valence-corrected chi connectivity index (χ0v) is 20.1. The number of para-hydroxylation sites is 4. The van der Waals surface area contributed by atoms with Gasteiger partial charge in [-0.05, 0) is 18.6 Å². The number of ketones is 1. The molecule has 0 fully saturated rings. The number of rotatable bonds is 3. The second kappa shape index (κ2) is 7.37. The van der Waals surface area contributed by atoms with Gasteiger partial charge in [0.1, 0.15) is 0 Å². The van der Waals surface area contributed by atoms with E-state index in [4.69, 9.17) is 0 Å². The Morgan fingerprint density at radius 1 is 0.649 bits per heavy atom. The van der Waals surface area contributed by atoms with Crippen LogP contribution in [0.25, 0.3) is 43.6 Å². The summed E-state index contributed by atoms with van der Waals surface area (Å²) in [5.41, 5.74) is 4.93. The normalized spacial score (nSPS) is 16.9. The molecule has 4 aromatic carbocycles. The van der Waals surface area contributed by atoms with E-state index in [1.165, 1.54) is 0 Å². The second-order valence-corrected chi connectivity index (χ2v) is 9.87. The first-order valence-electron chi connectivity index (χ1n) is 12.7. The summed E-state index contributed by atoms with van der Waals surface area (Å²) in [6.07, 6.45) is 8.88. The van der Waals surface area contributed by atoms with E-state index in [0.29, 0.717) is 0 Å². The fourth-order valence-electron chi connectivity index (χ4n) is 6.43. The van der Waals surface area contributed by atoms with Crippen molar-refractivity contribution in [1.29, 1.82) is 0 Å². The standard InChI is InChI=1S/C32H24N4O/c37-29-17-20-36(35-18-5-6-19-35)32(29,25-13-7-11-23-21-9-1-3-15-27(21)33-30(23)25)26-14-8-12-24-22-10-2-4-16-28(22)34-31(24)26/h1-5,7-18,20,33-34H,6,19H2. The summed E-state index contributed by atoms with van der Waals surface area (Å²) in [7, 11) is 0. The molecule has 0 radical (unpaired) electrons. The molecule has 6 aromatic rings. The summed E-state index contributed by atoms with van der Waals surface area (Å²) in [4.78, 5) is 21.7. The molecule has 5 nitrogen and oxygen atoms in total. The molecule has 2 aliphatic heterocycles. The van der Waals surface area contributed by atoms with Gasteiger partial charge >= 0.3 is 0 Å². The number of hydrogen-bond donors (Lipinski definition) is 2. The molecule has 0 saturated carbocycles. The number of H-pyrrole nitrogens is 2. The first kappa shape index (κ1) is 20.4. The molecule has 4 heterocycles. The summed E-state index contributed by atoms with van der Waals surface area (Å²) in [5.74, 6) is 0.0464. The van der Waals surface area contributed by atoms with Crippen LogP contribution in [0.15, 0.2) is 109 Å². The lowest BCUT2D eigenvalue weighted by Crippen LogP contribution is -2.52. The monoisotopic (exact) mass is 480 g/mol. The zero-order chi connectivity index (χ0) is 24.6. The van der Waals surface area contributed by atoms with Crippen molar-refractivity contribution in [2.45, 2.75) is 12.0 Å². The lowest BCUT2D eigenvalue weighted by molar-refractivity contribution is -0.126. The lowest BCUT2D eigenvalue weighted by Gasteiger charge is -2.44. The maximum atomic E-state index is 14.4. The average molecular weight is 481 g/mol. The minimum atomic E-state index is -1.07. The highest BCUT2D eigenvalue weighted by Crippen LogP contribution is 2.48. The Morgan fingerprint density at radius 2 is 1.22 bits per heavy atom. The van der Waals surface area contributed by atoms with Gasteiger partial charge in [-0.25, -0.2) is 0 Å². The third-order valence-corrected chi connectivity index (χ3v) is 8.01. The van der Waals surface area contributed by atoms with Crippen LogP contribution < -0.4 is 0 Å². The zero-order valence-electron chi connectivity index (χ0n) is 20.1. The molecule has 37 heavy (non-hydrogen) atoms. The van der Waals surface area contributed by atoms with E-state index in [9.17, 15) is 4.79 Å². The molecule has 2 aliphatic rings. The van der Waals surface area contributed by atoms with Gasteiger partial charge in [0.2, 0.25) is 0 Å². The largest absolute Gasteiger partial charge is 0.354 e. The number of aromatic nitrogens is 2. The number of fused-ring (bicyclic) bond motifs is 6. The highest BCUT2D eigenvalue weighted by molar-refractivity contribution is 6.15. The van der Waals surface area contributed by atoms with E-state index in [2.05, 4.69) is 105 Å². The van der Waals surface area contributed by atoms with Gasteiger partial charge in [0, 0.05) is 68.7 Å². The van der Waals surface area contributed by atoms with Crippen molar-refractivity contribution >= 4 is 49.4 Å². The van der Waals surface area contributed by atoms with Crippen molar-refractivity contribution in [1.82, 2.24) is 20.0 Å². The minimum absolute atomic E-state index is 0.0464. The van der Waals surface area contributed by atoms with Crippen LogP contribution in [0, 0.1) is 0 Å². The van der Waals surface area contributed by atoms with E-state index < -0.39 is 5.54 Å². The molecule has 0 unspecified atom stereocenters. The van der Waals surface area contributed by atoms with Crippen LogP contribution in [0.2, 0.25) is 0 Å². The smallest absolute Gasteiger partial charge is 0.193 e. The Bertz CT molecular complexity index is 1830. The molecule has 0 atom stereocenters.